The monoisotopic (exact) mass is 383 g/mol. The maximum atomic E-state index is 14.5. The molecule has 4 nitrogen and oxygen atoms in total. The molecule has 1 aliphatic carbocycles. The summed E-state index contributed by atoms with van der Waals surface area (Å²) in [6, 6.07) is 11.3. The van der Waals surface area contributed by atoms with Crippen LogP contribution in [0.3, 0.4) is 0 Å². The summed E-state index contributed by atoms with van der Waals surface area (Å²) in [7, 11) is 0. The van der Waals surface area contributed by atoms with Crippen molar-refractivity contribution in [2.45, 2.75) is 31.7 Å². The molecule has 2 aromatic rings. The fraction of sp³-hybridized carbons (Fsp3) is 0.318. The number of amides is 1. The SMILES string of the molecule is CC(=O)N1NC(c2cc(F)ccc2F)=CC12c1ccccc1CCC2CCN. The van der Waals surface area contributed by atoms with E-state index in [2.05, 4.69) is 11.5 Å². The Balaban J connectivity index is 1.95. The summed E-state index contributed by atoms with van der Waals surface area (Å²) in [6.07, 6.45) is 4.35. The summed E-state index contributed by atoms with van der Waals surface area (Å²) in [5.74, 6) is -1.20. The highest BCUT2D eigenvalue weighted by molar-refractivity contribution is 5.81. The average molecular weight is 383 g/mol. The van der Waals surface area contributed by atoms with E-state index in [0.29, 0.717) is 12.2 Å². The van der Waals surface area contributed by atoms with Crippen LogP contribution >= 0.6 is 0 Å². The normalized spacial score (nSPS) is 23.4. The second kappa shape index (κ2) is 7.02. The molecule has 3 N–H and O–H groups in total. The molecule has 0 saturated heterocycles. The first-order chi connectivity index (χ1) is 13.5. The Morgan fingerprint density at radius 2 is 2.07 bits per heavy atom. The molecule has 1 amide bonds. The van der Waals surface area contributed by atoms with Gasteiger partial charge in [-0.3, -0.25) is 10.2 Å². The van der Waals surface area contributed by atoms with Gasteiger partial charge in [0.1, 0.15) is 17.2 Å². The van der Waals surface area contributed by atoms with Crippen LogP contribution in [-0.4, -0.2) is 17.5 Å². The third-order valence-corrected chi connectivity index (χ3v) is 5.85. The van der Waals surface area contributed by atoms with Gasteiger partial charge in [0, 0.05) is 12.5 Å². The Labute approximate surface area is 163 Å². The van der Waals surface area contributed by atoms with E-state index in [1.54, 1.807) is 5.01 Å². The largest absolute Gasteiger partial charge is 0.330 e. The molecular formula is C22H23F2N3O. The molecule has 0 saturated carbocycles. The highest BCUT2D eigenvalue weighted by Gasteiger charge is 2.52. The molecule has 146 valence electrons. The van der Waals surface area contributed by atoms with Crippen molar-refractivity contribution >= 4 is 11.6 Å². The third kappa shape index (κ3) is 2.79. The molecule has 1 spiro atoms. The molecule has 0 radical (unpaired) electrons. The zero-order valence-corrected chi connectivity index (χ0v) is 15.7. The predicted molar refractivity (Wildman–Crippen MR) is 104 cm³/mol. The number of fused-ring (bicyclic) bond motifs is 2. The fourth-order valence-electron chi connectivity index (χ4n) is 4.67. The van der Waals surface area contributed by atoms with E-state index in [0.717, 1.165) is 48.6 Å². The van der Waals surface area contributed by atoms with E-state index in [4.69, 9.17) is 5.73 Å². The van der Waals surface area contributed by atoms with E-state index in [1.807, 2.05) is 24.3 Å². The van der Waals surface area contributed by atoms with Crippen LogP contribution < -0.4 is 11.2 Å². The zero-order chi connectivity index (χ0) is 19.9. The summed E-state index contributed by atoms with van der Waals surface area (Å²) in [6.45, 7) is 1.96. The van der Waals surface area contributed by atoms with Gasteiger partial charge in [-0.2, -0.15) is 0 Å². The van der Waals surface area contributed by atoms with E-state index in [-0.39, 0.29) is 17.4 Å². The van der Waals surface area contributed by atoms with Gasteiger partial charge in [0.05, 0.1) is 5.70 Å². The van der Waals surface area contributed by atoms with Gasteiger partial charge < -0.3 is 5.73 Å². The summed E-state index contributed by atoms with van der Waals surface area (Å²) < 4.78 is 28.3. The second-order valence-electron chi connectivity index (χ2n) is 7.44. The fourth-order valence-corrected chi connectivity index (χ4v) is 4.67. The number of nitrogens with zero attached hydrogens (tertiary/aromatic N) is 1. The Hall–Kier alpha value is -2.73. The zero-order valence-electron chi connectivity index (χ0n) is 15.7. The first-order valence-electron chi connectivity index (χ1n) is 9.51. The number of carbonyl (C=O) groups excluding carboxylic acids is 1. The molecule has 0 aromatic heterocycles. The number of hydrogen-bond donors (Lipinski definition) is 2. The van der Waals surface area contributed by atoms with Gasteiger partial charge in [0.2, 0.25) is 5.91 Å². The predicted octanol–water partition coefficient (Wildman–Crippen LogP) is 3.48. The van der Waals surface area contributed by atoms with Crippen LogP contribution in [0.15, 0.2) is 48.5 Å². The summed E-state index contributed by atoms with van der Waals surface area (Å²) in [5, 5.41) is 1.56. The molecule has 2 unspecified atom stereocenters. The maximum absolute atomic E-state index is 14.5. The quantitative estimate of drug-likeness (QED) is 0.853. The molecule has 1 aliphatic heterocycles. The average Bonchev–Trinajstić information content (AvgIpc) is 3.08. The lowest BCUT2D eigenvalue weighted by Crippen LogP contribution is -2.55. The molecule has 0 bridgehead atoms. The van der Waals surface area contributed by atoms with Crippen LogP contribution in [0.1, 0.15) is 36.5 Å². The van der Waals surface area contributed by atoms with Gasteiger partial charge in [-0.25, -0.2) is 13.8 Å². The van der Waals surface area contributed by atoms with E-state index < -0.39 is 17.2 Å². The first-order valence-corrected chi connectivity index (χ1v) is 9.51. The van der Waals surface area contributed by atoms with Crippen molar-refractivity contribution in [3.63, 3.8) is 0 Å². The minimum Gasteiger partial charge on any atom is -0.330 e. The summed E-state index contributed by atoms with van der Waals surface area (Å²) in [5.41, 5.74) is 10.8. The van der Waals surface area contributed by atoms with Gasteiger partial charge in [-0.15, -0.1) is 0 Å². The van der Waals surface area contributed by atoms with Gasteiger partial charge in [0.15, 0.2) is 0 Å². The number of aryl methyl sites for hydroxylation is 1. The van der Waals surface area contributed by atoms with E-state index in [1.165, 1.54) is 6.92 Å². The number of nitrogens with one attached hydrogen (secondary N) is 1. The first kappa shape index (κ1) is 18.6. The smallest absolute Gasteiger partial charge is 0.238 e. The maximum Gasteiger partial charge on any atom is 0.238 e. The minimum atomic E-state index is -0.784. The molecular weight excluding hydrogens is 360 g/mol. The van der Waals surface area contributed by atoms with E-state index in [9.17, 15) is 13.6 Å². The summed E-state index contributed by atoms with van der Waals surface area (Å²) >= 11 is 0. The van der Waals surface area contributed by atoms with Gasteiger partial charge in [-0.1, -0.05) is 24.3 Å². The molecule has 2 atom stereocenters. The Morgan fingerprint density at radius 3 is 2.82 bits per heavy atom. The lowest BCUT2D eigenvalue weighted by molar-refractivity contribution is -0.138. The molecule has 1 heterocycles. The van der Waals surface area contributed by atoms with Crippen molar-refractivity contribution in [1.29, 1.82) is 0 Å². The van der Waals surface area contributed by atoms with Crippen molar-refractivity contribution < 1.29 is 13.6 Å². The van der Waals surface area contributed by atoms with Crippen LogP contribution in [0.2, 0.25) is 0 Å². The van der Waals surface area contributed by atoms with Crippen LogP contribution in [0.25, 0.3) is 5.70 Å². The Bertz CT molecular complexity index is 959. The lowest BCUT2D eigenvalue weighted by atomic mass is 9.67. The van der Waals surface area contributed by atoms with Gasteiger partial charge in [-0.05, 0) is 67.1 Å². The molecule has 2 aromatic carbocycles. The van der Waals surface area contributed by atoms with Crippen LogP contribution in [0, 0.1) is 17.6 Å². The Morgan fingerprint density at radius 1 is 1.29 bits per heavy atom. The van der Waals surface area contributed by atoms with Crippen LogP contribution in [-0.2, 0) is 16.8 Å². The molecule has 28 heavy (non-hydrogen) atoms. The number of hydrogen-bond acceptors (Lipinski definition) is 3. The van der Waals surface area contributed by atoms with Crippen molar-refractivity contribution in [3.8, 4) is 0 Å². The number of carbonyl (C=O) groups is 1. The Kier molecular flexibility index (Phi) is 4.67. The molecule has 0 fully saturated rings. The highest BCUT2D eigenvalue weighted by atomic mass is 19.1. The van der Waals surface area contributed by atoms with Gasteiger partial charge >= 0.3 is 0 Å². The van der Waals surface area contributed by atoms with Crippen molar-refractivity contribution in [2.75, 3.05) is 6.54 Å². The molecule has 2 aliphatic rings. The van der Waals surface area contributed by atoms with Crippen molar-refractivity contribution in [2.24, 2.45) is 11.7 Å². The van der Waals surface area contributed by atoms with E-state index >= 15 is 0 Å². The standard InChI is InChI=1S/C22H23F2N3O/c1-14(28)27-22(13-21(26-27)18-12-17(23)8-9-20(18)24)16(10-11-25)7-6-15-4-2-3-5-19(15)22/h2-5,8-9,12-13,16,26H,6-7,10-11,25H2,1H3. The van der Waals surface area contributed by atoms with Gasteiger partial charge in [0.25, 0.3) is 0 Å². The minimum absolute atomic E-state index is 0.0675. The van der Waals surface area contributed by atoms with Crippen LogP contribution in [0.5, 0.6) is 0 Å². The molecule has 4 rings (SSSR count). The topological polar surface area (TPSA) is 58.4 Å². The third-order valence-electron chi connectivity index (χ3n) is 5.85. The van der Waals surface area contributed by atoms with Crippen LogP contribution in [0.4, 0.5) is 8.78 Å². The summed E-state index contributed by atoms with van der Waals surface area (Å²) in [4.78, 5) is 12.6. The lowest BCUT2D eigenvalue weighted by Gasteiger charge is -2.46. The molecule has 6 heteroatoms. The number of benzene rings is 2. The van der Waals surface area contributed by atoms with Crippen molar-refractivity contribution in [3.05, 3.63) is 76.9 Å². The number of halogens is 2. The highest BCUT2D eigenvalue weighted by Crippen LogP contribution is 2.50. The number of hydrazine groups is 1. The number of nitrogens with two attached hydrogens (primary N) is 1. The van der Waals surface area contributed by atoms with Crippen molar-refractivity contribution in [1.82, 2.24) is 10.4 Å². The number of rotatable bonds is 3. The second-order valence-corrected chi connectivity index (χ2v) is 7.44.